The molecule has 106 valence electrons. The minimum atomic E-state index is -1.10. The highest BCUT2D eigenvalue weighted by atomic mass is 19.2. The van der Waals surface area contributed by atoms with Gasteiger partial charge in [0, 0.05) is 11.8 Å². The Balaban J connectivity index is 2.21. The molecule has 21 heavy (non-hydrogen) atoms. The van der Waals surface area contributed by atoms with E-state index in [1.165, 1.54) is 28.8 Å². The van der Waals surface area contributed by atoms with Gasteiger partial charge in [0.05, 0.1) is 5.56 Å². The van der Waals surface area contributed by atoms with Crippen molar-refractivity contribution in [3.8, 4) is 11.3 Å². The molecule has 7 heteroatoms. The van der Waals surface area contributed by atoms with E-state index in [0.717, 1.165) is 12.1 Å². The Morgan fingerprint density at radius 2 is 1.95 bits per heavy atom. The Hall–Kier alpha value is -2.96. The van der Waals surface area contributed by atoms with Crippen LogP contribution in [0.3, 0.4) is 0 Å². The minimum Gasteiger partial charge on any atom is -0.478 e. The van der Waals surface area contributed by atoms with Crippen molar-refractivity contribution in [1.82, 2.24) is 9.38 Å². The van der Waals surface area contributed by atoms with Crippen LogP contribution in [0.4, 0.5) is 14.6 Å². The van der Waals surface area contributed by atoms with Crippen molar-refractivity contribution in [2.24, 2.45) is 0 Å². The number of carboxylic acids is 1. The minimum absolute atomic E-state index is 0.0448. The van der Waals surface area contributed by atoms with E-state index in [0.29, 0.717) is 11.2 Å². The molecule has 0 radical (unpaired) electrons. The molecule has 0 aliphatic carbocycles. The number of hydrogen-bond donors (Lipinski definition) is 2. The van der Waals surface area contributed by atoms with Gasteiger partial charge in [-0.3, -0.25) is 4.40 Å². The van der Waals surface area contributed by atoms with E-state index in [2.05, 4.69) is 4.98 Å². The largest absolute Gasteiger partial charge is 0.478 e. The van der Waals surface area contributed by atoms with Crippen molar-refractivity contribution < 1.29 is 18.7 Å². The predicted molar refractivity (Wildman–Crippen MR) is 71.9 cm³/mol. The van der Waals surface area contributed by atoms with Crippen LogP contribution >= 0.6 is 0 Å². The first-order chi connectivity index (χ1) is 9.97. The molecule has 0 spiro atoms. The molecule has 0 fully saturated rings. The molecule has 3 aromatic rings. The zero-order chi connectivity index (χ0) is 15.1. The number of carboxylic acid groups (broad SMARTS) is 1. The van der Waals surface area contributed by atoms with E-state index >= 15 is 0 Å². The molecule has 0 aliphatic rings. The SMILES string of the molecule is Nc1c(-c2ccc(F)c(F)c2)nc2ccc(C(=O)O)cn12. The highest BCUT2D eigenvalue weighted by molar-refractivity contribution is 5.88. The second kappa shape index (κ2) is 4.55. The molecule has 0 atom stereocenters. The van der Waals surface area contributed by atoms with E-state index in [9.17, 15) is 13.6 Å². The number of imidazole rings is 1. The quantitative estimate of drug-likeness (QED) is 0.759. The number of benzene rings is 1. The average Bonchev–Trinajstić information content (AvgIpc) is 2.79. The molecule has 0 saturated heterocycles. The van der Waals surface area contributed by atoms with Crippen molar-refractivity contribution in [3.05, 3.63) is 53.7 Å². The molecule has 1 aromatic carbocycles. The third-order valence-electron chi connectivity index (χ3n) is 3.10. The fourth-order valence-corrected chi connectivity index (χ4v) is 2.05. The monoisotopic (exact) mass is 289 g/mol. The van der Waals surface area contributed by atoms with Gasteiger partial charge < -0.3 is 10.8 Å². The normalized spacial score (nSPS) is 11.0. The van der Waals surface area contributed by atoms with Crippen LogP contribution in [-0.2, 0) is 0 Å². The lowest BCUT2D eigenvalue weighted by Crippen LogP contribution is -2.00. The maximum absolute atomic E-state index is 13.3. The lowest BCUT2D eigenvalue weighted by atomic mass is 10.1. The Labute approximate surface area is 117 Å². The smallest absolute Gasteiger partial charge is 0.337 e. The van der Waals surface area contributed by atoms with Gasteiger partial charge in [0.15, 0.2) is 11.6 Å². The molecule has 2 heterocycles. The topological polar surface area (TPSA) is 80.6 Å². The van der Waals surface area contributed by atoms with E-state index in [1.807, 2.05) is 0 Å². The summed E-state index contributed by atoms with van der Waals surface area (Å²) in [5, 5.41) is 8.96. The van der Waals surface area contributed by atoms with Crippen molar-refractivity contribution in [3.63, 3.8) is 0 Å². The first kappa shape index (κ1) is 13.0. The summed E-state index contributed by atoms with van der Waals surface area (Å²) in [6.07, 6.45) is 1.32. The number of aromatic nitrogens is 2. The standard InChI is InChI=1S/C14H9F2N3O2/c15-9-3-1-7(5-10(9)16)12-13(17)19-6-8(14(20)21)2-4-11(19)18-12/h1-6H,17H2,(H,20,21). The summed E-state index contributed by atoms with van der Waals surface area (Å²) in [5.74, 6) is -2.91. The van der Waals surface area contributed by atoms with Crippen molar-refractivity contribution in [2.75, 3.05) is 5.73 Å². The molecule has 2 aromatic heterocycles. The summed E-state index contributed by atoms with van der Waals surface area (Å²) >= 11 is 0. The highest BCUT2D eigenvalue weighted by Crippen LogP contribution is 2.27. The summed E-state index contributed by atoms with van der Waals surface area (Å²) in [7, 11) is 0. The van der Waals surface area contributed by atoms with Gasteiger partial charge in [0.2, 0.25) is 0 Å². The number of anilines is 1. The number of carbonyl (C=O) groups is 1. The van der Waals surface area contributed by atoms with Crippen LogP contribution < -0.4 is 5.73 Å². The van der Waals surface area contributed by atoms with Crippen LogP contribution in [0.1, 0.15) is 10.4 Å². The second-order valence-electron chi connectivity index (χ2n) is 4.43. The Bertz CT molecular complexity index is 874. The summed E-state index contributed by atoms with van der Waals surface area (Å²) in [4.78, 5) is 15.2. The van der Waals surface area contributed by atoms with E-state index < -0.39 is 17.6 Å². The van der Waals surface area contributed by atoms with E-state index in [1.54, 1.807) is 0 Å². The molecule has 0 amide bonds. The van der Waals surface area contributed by atoms with Gasteiger partial charge >= 0.3 is 5.97 Å². The summed E-state index contributed by atoms with van der Waals surface area (Å²) in [6, 6.07) is 6.21. The molecule has 3 rings (SSSR count). The molecule has 5 nitrogen and oxygen atoms in total. The number of nitrogens with zero attached hydrogens (tertiary/aromatic N) is 2. The number of hydrogen-bond acceptors (Lipinski definition) is 3. The number of fused-ring (bicyclic) bond motifs is 1. The van der Waals surface area contributed by atoms with Crippen LogP contribution in [0.2, 0.25) is 0 Å². The highest BCUT2D eigenvalue weighted by Gasteiger charge is 2.14. The van der Waals surface area contributed by atoms with Gasteiger partial charge in [-0.25, -0.2) is 18.6 Å². The number of rotatable bonds is 2. The van der Waals surface area contributed by atoms with Crippen LogP contribution in [0.5, 0.6) is 0 Å². The Morgan fingerprint density at radius 1 is 1.19 bits per heavy atom. The zero-order valence-corrected chi connectivity index (χ0v) is 10.5. The number of aromatic carboxylic acids is 1. The number of pyridine rings is 1. The molecule has 0 saturated carbocycles. The number of nitrogen functional groups attached to an aromatic ring is 1. The first-order valence-corrected chi connectivity index (χ1v) is 5.93. The van der Waals surface area contributed by atoms with Gasteiger partial charge in [0.25, 0.3) is 0 Å². The van der Waals surface area contributed by atoms with Gasteiger partial charge in [-0.1, -0.05) is 0 Å². The third-order valence-corrected chi connectivity index (χ3v) is 3.10. The van der Waals surface area contributed by atoms with Gasteiger partial charge in [-0.05, 0) is 30.3 Å². The van der Waals surface area contributed by atoms with Crippen LogP contribution in [0, 0.1) is 11.6 Å². The Morgan fingerprint density at radius 3 is 2.62 bits per heavy atom. The first-order valence-electron chi connectivity index (χ1n) is 5.93. The van der Waals surface area contributed by atoms with Crippen LogP contribution in [-0.4, -0.2) is 20.5 Å². The summed E-state index contributed by atoms with van der Waals surface area (Å²) in [6.45, 7) is 0. The maximum atomic E-state index is 13.3. The second-order valence-corrected chi connectivity index (χ2v) is 4.43. The van der Waals surface area contributed by atoms with E-state index in [-0.39, 0.29) is 17.1 Å². The maximum Gasteiger partial charge on any atom is 0.337 e. The zero-order valence-electron chi connectivity index (χ0n) is 10.5. The fourth-order valence-electron chi connectivity index (χ4n) is 2.05. The molecule has 0 unspecified atom stereocenters. The summed E-state index contributed by atoms with van der Waals surface area (Å²) in [5.41, 5.74) is 6.95. The fraction of sp³-hybridized carbons (Fsp3) is 0. The molecule has 0 bridgehead atoms. The number of nitrogens with two attached hydrogens (primary N) is 1. The van der Waals surface area contributed by atoms with Crippen LogP contribution in [0.15, 0.2) is 36.5 Å². The molecular weight excluding hydrogens is 280 g/mol. The lowest BCUT2D eigenvalue weighted by Gasteiger charge is -2.01. The molecule has 0 aliphatic heterocycles. The number of halogens is 2. The van der Waals surface area contributed by atoms with Gasteiger partial charge in [0.1, 0.15) is 17.2 Å². The molecular formula is C14H9F2N3O2. The van der Waals surface area contributed by atoms with Crippen molar-refractivity contribution >= 4 is 17.4 Å². The third kappa shape index (κ3) is 2.08. The van der Waals surface area contributed by atoms with E-state index in [4.69, 9.17) is 10.8 Å². The lowest BCUT2D eigenvalue weighted by molar-refractivity contribution is 0.0696. The average molecular weight is 289 g/mol. The van der Waals surface area contributed by atoms with Crippen LogP contribution in [0.25, 0.3) is 16.9 Å². The van der Waals surface area contributed by atoms with Crippen molar-refractivity contribution in [1.29, 1.82) is 0 Å². The molecule has 3 N–H and O–H groups in total. The van der Waals surface area contributed by atoms with Gasteiger partial charge in [-0.15, -0.1) is 0 Å². The predicted octanol–water partition coefficient (Wildman–Crippen LogP) is 2.56. The Kier molecular flexibility index (Phi) is 2.83. The van der Waals surface area contributed by atoms with Crippen molar-refractivity contribution in [2.45, 2.75) is 0 Å². The summed E-state index contributed by atoms with van der Waals surface area (Å²) < 4.78 is 27.6. The van der Waals surface area contributed by atoms with Gasteiger partial charge in [-0.2, -0.15) is 0 Å².